The van der Waals surface area contributed by atoms with E-state index in [4.69, 9.17) is 16.2 Å². The maximum Gasteiger partial charge on any atom is 0.252 e. The Morgan fingerprint density at radius 1 is 1.29 bits per heavy atom. The molecular weight excluding hydrogens is 306 g/mol. The standard InChI is InChI=1S/C18H27N3O3/c19-16(22)14-11-18(17(20)23,10-13-5-9-24-15(13)14)6-1-2-12-3-7-21-8-4-12/h11-12,21H,1-10H2,(H2,19,22)(H2,20,23). The molecule has 2 aliphatic heterocycles. The summed E-state index contributed by atoms with van der Waals surface area (Å²) >= 11 is 0. The predicted molar refractivity (Wildman–Crippen MR) is 90.6 cm³/mol. The molecule has 3 rings (SSSR count). The van der Waals surface area contributed by atoms with Crippen LogP contribution in [0.15, 0.2) is 23.0 Å². The molecule has 0 aromatic heterocycles. The molecule has 0 saturated carbocycles. The fourth-order valence-corrected chi connectivity index (χ4v) is 4.20. The summed E-state index contributed by atoms with van der Waals surface area (Å²) in [5.41, 5.74) is 11.8. The van der Waals surface area contributed by atoms with Gasteiger partial charge in [-0.05, 0) is 50.3 Å². The first-order valence-electron chi connectivity index (χ1n) is 8.90. The maximum absolute atomic E-state index is 12.3. The highest BCUT2D eigenvalue weighted by Gasteiger charge is 2.42. The average Bonchev–Trinajstić information content (AvgIpc) is 3.03. The quantitative estimate of drug-likeness (QED) is 0.677. The molecule has 2 heterocycles. The second-order valence-corrected chi connectivity index (χ2v) is 7.24. The molecule has 0 bridgehead atoms. The molecule has 0 spiro atoms. The number of piperidine rings is 1. The van der Waals surface area contributed by atoms with Gasteiger partial charge in [-0.3, -0.25) is 9.59 Å². The Balaban J connectivity index is 1.73. The third-order valence-electron chi connectivity index (χ3n) is 5.62. The van der Waals surface area contributed by atoms with Gasteiger partial charge in [0.25, 0.3) is 5.91 Å². The zero-order valence-corrected chi connectivity index (χ0v) is 14.1. The van der Waals surface area contributed by atoms with Gasteiger partial charge in [0.15, 0.2) is 0 Å². The van der Waals surface area contributed by atoms with Crippen LogP contribution in [0.25, 0.3) is 0 Å². The Morgan fingerprint density at radius 3 is 2.71 bits per heavy atom. The number of nitrogens with two attached hydrogens (primary N) is 2. The van der Waals surface area contributed by atoms with E-state index in [-0.39, 0.29) is 5.91 Å². The van der Waals surface area contributed by atoms with E-state index in [0.717, 1.165) is 37.9 Å². The lowest BCUT2D eigenvalue weighted by molar-refractivity contribution is -0.125. The number of rotatable bonds is 6. The molecule has 6 nitrogen and oxygen atoms in total. The number of carbonyl (C=O) groups is 2. The summed E-state index contributed by atoms with van der Waals surface area (Å²) in [6.45, 7) is 2.69. The molecule has 1 saturated heterocycles. The highest BCUT2D eigenvalue weighted by Crippen LogP contribution is 2.45. The molecule has 1 unspecified atom stereocenters. The van der Waals surface area contributed by atoms with E-state index in [1.165, 1.54) is 12.8 Å². The summed E-state index contributed by atoms with van der Waals surface area (Å²) in [4.78, 5) is 24.1. The minimum Gasteiger partial charge on any atom is -0.492 e. The van der Waals surface area contributed by atoms with Gasteiger partial charge in [-0.15, -0.1) is 0 Å². The zero-order chi connectivity index (χ0) is 17.2. The molecule has 1 atom stereocenters. The molecule has 0 aromatic rings. The van der Waals surface area contributed by atoms with Crippen LogP contribution >= 0.6 is 0 Å². The van der Waals surface area contributed by atoms with Crippen molar-refractivity contribution in [2.75, 3.05) is 19.7 Å². The van der Waals surface area contributed by atoms with Gasteiger partial charge < -0.3 is 21.5 Å². The molecule has 24 heavy (non-hydrogen) atoms. The lowest BCUT2D eigenvalue weighted by Gasteiger charge is -2.33. The molecule has 5 N–H and O–H groups in total. The topological polar surface area (TPSA) is 107 Å². The number of hydrogen-bond acceptors (Lipinski definition) is 4. The van der Waals surface area contributed by atoms with E-state index < -0.39 is 11.3 Å². The fraction of sp³-hybridized carbons (Fsp3) is 0.667. The van der Waals surface area contributed by atoms with Crippen molar-refractivity contribution in [2.24, 2.45) is 22.8 Å². The van der Waals surface area contributed by atoms with Gasteiger partial charge >= 0.3 is 0 Å². The van der Waals surface area contributed by atoms with Crippen molar-refractivity contribution in [3.8, 4) is 0 Å². The van der Waals surface area contributed by atoms with Crippen LogP contribution in [0, 0.1) is 11.3 Å². The average molecular weight is 333 g/mol. The molecule has 2 amide bonds. The first-order valence-corrected chi connectivity index (χ1v) is 8.90. The Labute approximate surface area is 142 Å². The third kappa shape index (κ3) is 3.34. The van der Waals surface area contributed by atoms with Gasteiger partial charge in [0.05, 0.1) is 17.6 Å². The van der Waals surface area contributed by atoms with Crippen LogP contribution in [0.3, 0.4) is 0 Å². The summed E-state index contributed by atoms with van der Waals surface area (Å²) in [5.74, 6) is 0.375. The van der Waals surface area contributed by atoms with Crippen LogP contribution in [-0.4, -0.2) is 31.5 Å². The molecule has 6 heteroatoms. The lowest BCUT2D eigenvalue weighted by Crippen LogP contribution is -2.39. The zero-order valence-electron chi connectivity index (χ0n) is 14.1. The largest absolute Gasteiger partial charge is 0.492 e. The number of primary amides is 2. The second-order valence-electron chi connectivity index (χ2n) is 7.24. The highest BCUT2D eigenvalue weighted by molar-refractivity contribution is 5.98. The van der Waals surface area contributed by atoms with Crippen molar-refractivity contribution in [2.45, 2.75) is 44.9 Å². The highest BCUT2D eigenvalue weighted by atomic mass is 16.5. The van der Waals surface area contributed by atoms with E-state index in [2.05, 4.69) is 5.32 Å². The Hall–Kier alpha value is -1.82. The van der Waals surface area contributed by atoms with Crippen molar-refractivity contribution >= 4 is 11.8 Å². The molecule has 0 radical (unpaired) electrons. The van der Waals surface area contributed by atoms with Crippen molar-refractivity contribution in [1.82, 2.24) is 5.32 Å². The normalized spacial score (nSPS) is 27.4. The Morgan fingerprint density at radius 2 is 2.04 bits per heavy atom. The van der Waals surface area contributed by atoms with Crippen molar-refractivity contribution < 1.29 is 14.3 Å². The molecule has 3 aliphatic rings. The van der Waals surface area contributed by atoms with Crippen molar-refractivity contribution in [3.05, 3.63) is 23.0 Å². The predicted octanol–water partition coefficient (Wildman–Crippen LogP) is 1.12. The Bertz CT molecular complexity index is 590. The maximum atomic E-state index is 12.3. The molecule has 132 valence electrons. The first-order chi connectivity index (χ1) is 11.5. The van der Waals surface area contributed by atoms with E-state index in [1.807, 2.05) is 0 Å². The van der Waals surface area contributed by atoms with Gasteiger partial charge in [-0.2, -0.15) is 0 Å². The van der Waals surface area contributed by atoms with E-state index >= 15 is 0 Å². The summed E-state index contributed by atoms with van der Waals surface area (Å²) in [6.07, 6.45) is 8.05. The minimum atomic E-state index is -0.802. The van der Waals surface area contributed by atoms with Crippen LogP contribution in [0.5, 0.6) is 0 Å². The van der Waals surface area contributed by atoms with Crippen LogP contribution in [0.4, 0.5) is 0 Å². The number of carbonyl (C=O) groups excluding carboxylic acids is 2. The van der Waals surface area contributed by atoms with Crippen molar-refractivity contribution in [3.63, 3.8) is 0 Å². The molecule has 1 aliphatic carbocycles. The van der Waals surface area contributed by atoms with Gasteiger partial charge in [0.1, 0.15) is 5.76 Å². The second kappa shape index (κ2) is 6.97. The minimum absolute atomic E-state index is 0.328. The van der Waals surface area contributed by atoms with Crippen LogP contribution < -0.4 is 16.8 Å². The summed E-state index contributed by atoms with van der Waals surface area (Å²) < 4.78 is 5.55. The summed E-state index contributed by atoms with van der Waals surface area (Å²) in [5, 5.41) is 3.37. The Kier molecular flexibility index (Phi) is 4.94. The van der Waals surface area contributed by atoms with Crippen LogP contribution in [0.1, 0.15) is 44.9 Å². The molecular formula is C18H27N3O3. The number of hydrogen-bond donors (Lipinski definition) is 3. The van der Waals surface area contributed by atoms with Crippen LogP contribution in [0.2, 0.25) is 0 Å². The SMILES string of the molecule is NC(=O)C1=CC(CCCC2CCNCC2)(C(N)=O)CC2=C1OCC2. The third-order valence-corrected chi connectivity index (χ3v) is 5.62. The number of amides is 2. The first kappa shape index (κ1) is 17.0. The monoisotopic (exact) mass is 333 g/mol. The molecule has 0 aromatic carbocycles. The molecule has 1 fully saturated rings. The van der Waals surface area contributed by atoms with Crippen molar-refractivity contribution in [1.29, 1.82) is 0 Å². The van der Waals surface area contributed by atoms with Gasteiger partial charge in [-0.25, -0.2) is 0 Å². The summed E-state index contributed by atoms with van der Waals surface area (Å²) in [6, 6.07) is 0. The van der Waals surface area contributed by atoms with Gasteiger partial charge in [0, 0.05) is 6.42 Å². The smallest absolute Gasteiger partial charge is 0.252 e. The van der Waals surface area contributed by atoms with E-state index in [9.17, 15) is 9.59 Å². The number of nitrogens with one attached hydrogen (secondary N) is 1. The van der Waals surface area contributed by atoms with Gasteiger partial charge in [0.2, 0.25) is 5.91 Å². The fourth-order valence-electron chi connectivity index (χ4n) is 4.20. The van der Waals surface area contributed by atoms with E-state index in [1.54, 1.807) is 6.08 Å². The van der Waals surface area contributed by atoms with Crippen LogP contribution in [-0.2, 0) is 14.3 Å². The summed E-state index contributed by atoms with van der Waals surface area (Å²) in [7, 11) is 0. The van der Waals surface area contributed by atoms with E-state index in [0.29, 0.717) is 36.7 Å². The lowest BCUT2D eigenvalue weighted by atomic mass is 9.71. The van der Waals surface area contributed by atoms with Gasteiger partial charge in [-0.1, -0.05) is 18.9 Å². The number of ether oxygens (including phenoxy) is 1.